The Labute approximate surface area is 109 Å². The van der Waals surface area contributed by atoms with Gasteiger partial charge in [0.15, 0.2) is 0 Å². The molecular weight excluding hydrogens is 257 g/mol. The van der Waals surface area contributed by atoms with E-state index in [-0.39, 0.29) is 13.0 Å². The topological polar surface area (TPSA) is 44.9 Å². The number of hydrogen-bond donors (Lipinski definition) is 2. The quantitative estimate of drug-likeness (QED) is 0.874. The van der Waals surface area contributed by atoms with Crippen LogP contribution >= 0.6 is 0 Å². The molecule has 1 amide bonds. The van der Waals surface area contributed by atoms with Crippen molar-refractivity contribution in [2.75, 3.05) is 0 Å². The minimum atomic E-state index is -4.28. The highest BCUT2D eigenvalue weighted by Crippen LogP contribution is 2.41. The lowest BCUT2D eigenvalue weighted by atomic mass is 9.78. The van der Waals surface area contributed by atoms with E-state index in [1.807, 2.05) is 0 Å². The lowest BCUT2D eigenvalue weighted by molar-refractivity contribution is -0.198. The maximum atomic E-state index is 12.9. The highest BCUT2D eigenvalue weighted by atomic mass is 19.4. The zero-order chi connectivity index (χ0) is 13.9. The van der Waals surface area contributed by atoms with Crippen molar-refractivity contribution < 1.29 is 18.0 Å². The monoisotopic (exact) mass is 274 g/mol. The number of aromatic amines is 1. The molecular formula is C13H17F3N2O. The molecule has 1 aromatic rings. The molecule has 2 N–H and O–H groups in total. The van der Waals surface area contributed by atoms with E-state index in [0.717, 1.165) is 5.56 Å². The molecule has 2 rings (SSSR count). The van der Waals surface area contributed by atoms with Gasteiger partial charge in [-0.3, -0.25) is 4.79 Å². The summed E-state index contributed by atoms with van der Waals surface area (Å²) in [5.74, 6) is -2.91. The Bertz CT molecular complexity index is 414. The van der Waals surface area contributed by atoms with Crippen LogP contribution in [0.4, 0.5) is 13.2 Å². The molecule has 6 heteroatoms. The number of H-pyrrole nitrogens is 1. The van der Waals surface area contributed by atoms with E-state index in [2.05, 4.69) is 10.3 Å². The van der Waals surface area contributed by atoms with E-state index >= 15 is 0 Å². The van der Waals surface area contributed by atoms with E-state index < -0.39 is 23.9 Å². The van der Waals surface area contributed by atoms with E-state index in [0.29, 0.717) is 19.3 Å². The highest BCUT2D eigenvalue weighted by molar-refractivity contribution is 5.79. The van der Waals surface area contributed by atoms with E-state index in [1.165, 1.54) is 0 Å². The number of halogens is 3. The Kier molecular flexibility index (Phi) is 4.17. The lowest BCUT2D eigenvalue weighted by Crippen LogP contribution is -2.42. The van der Waals surface area contributed by atoms with E-state index in [4.69, 9.17) is 0 Å². The number of carbonyl (C=O) groups excluding carboxylic acids is 1. The molecule has 1 heterocycles. The van der Waals surface area contributed by atoms with Crippen molar-refractivity contribution in [3.63, 3.8) is 0 Å². The van der Waals surface area contributed by atoms with Gasteiger partial charge in [-0.05, 0) is 24.5 Å². The molecule has 1 saturated carbocycles. The van der Waals surface area contributed by atoms with Gasteiger partial charge in [0.1, 0.15) is 0 Å². The second-order valence-electron chi connectivity index (χ2n) is 4.98. The van der Waals surface area contributed by atoms with E-state index in [1.54, 1.807) is 18.5 Å². The van der Waals surface area contributed by atoms with Crippen LogP contribution in [-0.2, 0) is 11.3 Å². The molecule has 0 bridgehead atoms. The van der Waals surface area contributed by atoms with Crippen LogP contribution in [0.15, 0.2) is 18.5 Å². The molecule has 19 heavy (non-hydrogen) atoms. The third-order valence-corrected chi connectivity index (χ3v) is 3.65. The first-order chi connectivity index (χ1) is 8.98. The van der Waals surface area contributed by atoms with Crippen LogP contribution in [0.2, 0.25) is 0 Å². The van der Waals surface area contributed by atoms with Crippen molar-refractivity contribution in [1.29, 1.82) is 0 Å². The standard InChI is InChI=1S/C13H17F3N2O/c14-13(15,16)11-4-2-1-3-10(11)12(19)18-8-9-5-6-17-7-9/h5-7,10-11,17H,1-4,8H2,(H,18,19). The molecule has 3 nitrogen and oxygen atoms in total. The summed E-state index contributed by atoms with van der Waals surface area (Å²) >= 11 is 0. The molecule has 1 aliphatic rings. The maximum absolute atomic E-state index is 12.9. The molecule has 0 saturated heterocycles. The van der Waals surface area contributed by atoms with Crippen LogP contribution in [0.5, 0.6) is 0 Å². The normalized spacial score (nSPS) is 24.2. The lowest BCUT2D eigenvalue weighted by Gasteiger charge is -2.31. The molecule has 2 atom stereocenters. The summed E-state index contributed by atoms with van der Waals surface area (Å²) in [6.45, 7) is 0.267. The van der Waals surface area contributed by atoms with Crippen molar-refractivity contribution in [3.05, 3.63) is 24.0 Å². The van der Waals surface area contributed by atoms with Gasteiger partial charge in [-0.1, -0.05) is 12.8 Å². The largest absolute Gasteiger partial charge is 0.392 e. The fourth-order valence-corrected chi connectivity index (χ4v) is 2.63. The third-order valence-electron chi connectivity index (χ3n) is 3.65. The Balaban J connectivity index is 1.95. The van der Waals surface area contributed by atoms with Crippen LogP contribution in [-0.4, -0.2) is 17.1 Å². The third kappa shape index (κ3) is 3.52. The molecule has 0 aromatic carbocycles. The summed E-state index contributed by atoms with van der Waals surface area (Å²) < 4.78 is 38.6. The van der Waals surface area contributed by atoms with Crippen molar-refractivity contribution >= 4 is 5.91 Å². The van der Waals surface area contributed by atoms with E-state index in [9.17, 15) is 18.0 Å². The van der Waals surface area contributed by atoms with Gasteiger partial charge in [0, 0.05) is 24.9 Å². The molecule has 1 fully saturated rings. The molecule has 106 valence electrons. The molecule has 0 spiro atoms. The van der Waals surface area contributed by atoms with Gasteiger partial charge < -0.3 is 10.3 Å². The predicted octanol–water partition coefficient (Wildman–Crippen LogP) is 3.00. The van der Waals surface area contributed by atoms with Crippen molar-refractivity contribution in [1.82, 2.24) is 10.3 Å². The van der Waals surface area contributed by atoms with Crippen LogP contribution in [0.25, 0.3) is 0 Å². The number of nitrogens with one attached hydrogen (secondary N) is 2. The molecule has 1 aromatic heterocycles. The minimum Gasteiger partial charge on any atom is -0.367 e. The number of aromatic nitrogens is 1. The average Bonchev–Trinajstić information content (AvgIpc) is 2.88. The summed E-state index contributed by atoms with van der Waals surface area (Å²) in [5.41, 5.74) is 0.854. The molecule has 0 radical (unpaired) electrons. The summed E-state index contributed by atoms with van der Waals surface area (Å²) in [5, 5.41) is 2.60. The zero-order valence-corrected chi connectivity index (χ0v) is 10.5. The number of hydrogen-bond acceptors (Lipinski definition) is 1. The second kappa shape index (κ2) is 5.67. The Morgan fingerprint density at radius 1 is 1.37 bits per heavy atom. The van der Waals surface area contributed by atoms with Crippen LogP contribution < -0.4 is 5.32 Å². The van der Waals surface area contributed by atoms with Gasteiger partial charge in [0.25, 0.3) is 0 Å². The highest BCUT2D eigenvalue weighted by Gasteiger charge is 2.47. The number of amides is 1. The van der Waals surface area contributed by atoms with Gasteiger partial charge in [-0.25, -0.2) is 0 Å². The van der Waals surface area contributed by atoms with Crippen LogP contribution in [0.1, 0.15) is 31.2 Å². The molecule has 0 aliphatic heterocycles. The second-order valence-corrected chi connectivity index (χ2v) is 4.98. The smallest absolute Gasteiger partial charge is 0.367 e. The zero-order valence-electron chi connectivity index (χ0n) is 10.5. The van der Waals surface area contributed by atoms with Crippen LogP contribution in [0.3, 0.4) is 0 Å². The van der Waals surface area contributed by atoms with Gasteiger partial charge in [-0.15, -0.1) is 0 Å². The minimum absolute atomic E-state index is 0.0613. The van der Waals surface area contributed by atoms with Crippen molar-refractivity contribution in [3.8, 4) is 0 Å². The van der Waals surface area contributed by atoms with Gasteiger partial charge in [-0.2, -0.15) is 13.2 Å². The van der Waals surface area contributed by atoms with Crippen LogP contribution in [0, 0.1) is 11.8 Å². The van der Waals surface area contributed by atoms with Gasteiger partial charge in [0.05, 0.1) is 5.92 Å². The van der Waals surface area contributed by atoms with Crippen molar-refractivity contribution in [2.45, 2.75) is 38.4 Å². The predicted molar refractivity (Wildman–Crippen MR) is 64.1 cm³/mol. The van der Waals surface area contributed by atoms with Gasteiger partial charge in [0.2, 0.25) is 5.91 Å². The molecule has 2 unspecified atom stereocenters. The van der Waals surface area contributed by atoms with Crippen molar-refractivity contribution in [2.24, 2.45) is 11.8 Å². The Morgan fingerprint density at radius 2 is 2.11 bits per heavy atom. The summed E-state index contributed by atoms with van der Waals surface area (Å²) in [7, 11) is 0. The van der Waals surface area contributed by atoms with Gasteiger partial charge >= 0.3 is 6.18 Å². The SMILES string of the molecule is O=C(NCc1cc[nH]c1)C1CCCCC1C(F)(F)F. The Morgan fingerprint density at radius 3 is 2.74 bits per heavy atom. The first-order valence-electron chi connectivity index (χ1n) is 6.44. The summed E-state index contributed by atoms with van der Waals surface area (Å²) in [6, 6.07) is 1.78. The fourth-order valence-electron chi connectivity index (χ4n) is 2.63. The molecule has 1 aliphatic carbocycles. The fraction of sp³-hybridized carbons (Fsp3) is 0.615. The number of alkyl halides is 3. The first kappa shape index (κ1) is 14.0. The Hall–Kier alpha value is -1.46. The summed E-state index contributed by atoms with van der Waals surface area (Å²) in [6.07, 6.45) is 0.759. The summed E-state index contributed by atoms with van der Waals surface area (Å²) in [4.78, 5) is 14.8. The average molecular weight is 274 g/mol. The first-order valence-corrected chi connectivity index (χ1v) is 6.44. The number of carbonyl (C=O) groups is 1. The maximum Gasteiger partial charge on any atom is 0.392 e. The number of rotatable bonds is 3.